The molecule has 9 heteroatoms. The van der Waals surface area contributed by atoms with Crippen LogP contribution in [0.4, 0.5) is 4.79 Å². The molecular weight excluding hydrogens is 360 g/mol. The van der Waals surface area contributed by atoms with E-state index in [1.165, 1.54) is 11.3 Å². The van der Waals surface area contributed by atoms with E-state index < -0.39 is 6.09 Å². The Kier molecular flexibility index (Phi) is 5.25. The molecule has 25 heavy (non-hydrogen) atoms. The van der Waals surface area contributed by atoms with Crippen LogP contribution in [0.5, 0.6) is 5.75 Å². The van der Waals surface area contributed by atoms with Gasteiger partial charge in [-0.25, -0.2) is 9.78 Å². The zero-order valence-electron chi connectivity index (χ0n) is 13.6. The molecule has 0 aliphatic rings. The zero-order chi connectivity index (χ0) is 17.8. The number of ether oxygens (including phenoxy) is 1. The molecule has 2 heterocycles. The average Bonchev–Trinajstić information content (AvgIpc) is 3.21. The molecule has 0 bridgehead atoms. The number of aromatic nitrogens is 3. The highest BCUT2D eigenvalue weighted by atomic mass is 32.2. The van der Waals surface area contributed by atoms with Crippen LogP contribution in [0.15, 0.2) is 45.9 Å². The summed E-state index contributed by atoms with van der Waals surface area (Å²) >= 11 is 3.02. The molecule has 0 aliphatic heterocycles. The maximum Gasteiger partial charge on any atom is 0.405 e. The Hall–Kier alpha value is -2.52. The SMILES string of the molecule is COc1cc(Sc2cnc(CNC(=O)O)s2)cc(-c2cnn(C)c2)c1. The van der Waals surface area contributed by atoms with Gasteiger partial charge in [0.15, 0.2) is 0 Å². The third-order valence-corrected chi connectivity index (χ3v) is 5.37. The molecule has 0 atom stereocenters. The van der Waals surface area contributed by atoms with Crippen LogP contribution < -0.4 is 10.1 Å². The van der Waals surface area contributed by atoms with Crippen LogP contribution >= 0.6 is 23.1 Å². The van der Waals surface area contributed by atoms with Crippen LogP contribution in [-0.2, 0) is 13.6 Å². The molecule has 1 amide bonds. The van der Waals surface area contributed by atoms with E-state index in [-0.39, 0.29) is 6.54 Å². The minimum Gasteiger partial charge on any atom is -0.497 e. The van der Waals surface area contributed by atoms with Crippen molar-refractivity contribution in [2.45, 2.75) is 15.6 Å². The maximum atomic E-state index is 10.6. The summed E-state index contributed by atoms with van der Waals surface area (Å²) in [5, 5.41) is 15.9. The van der Waals surface area contributed by atoms with E-state index in [0.717, 1.165) is 31.0 Å². The fourth-order valence-corrected chi connectivity index (χ4v) is 4.21. The van der Waals surface area contributed by atoms with E-state index in [1.807, 2.05) is 31.6 Å². The highest BCUT2D eigenvalue weighted by molar-refractivity contribution is 8.01. The second-order valence-corrected chi connectivity index (χ2v) is 7.62. The van der Waals surface area contributed by atoms with Gasteiger partial charge in [-0.05, 0) is 23.8 Å². The maximum absolute atomic E-state index is 10.6. The normalized spacial score (nSPS) is 10.6. The number of methoxy groups -OCH3 is 1. The van der Waals surface area contributed by atoms with Crippen molar-refractivity contribution in [1.82, 2.24) is 20.1 Å². The minimum atomic E-state index is -1.06. The lowest BCUT2D eigenvalue weighted by atomic mass is 10.1. The van der Waals surface area contributed by atoms with Crippen molar-refractivity contribution in [3.8, 4) is 16.9 Å². The lowest BCUT2D eigenvalue weighted by molar-refractivity contribution is 0.194. The van der Waals surface area contributed by atoms with E-state index in [2.05, 4.69) is 21.5 Å². The van der Waals surface area contributed by atoms with Gasteiger partial charge in [0, 0.05) is 23.7 Å². The quantitative estimate of drug-likeness (QED) is 0.685. The van der Waals surface area contributed by atoms with Crippen molar-refractivity contribution in [2.75, 3.05) is 7.11 Å². The number of carbonyl (C=O) groups is 1. The second kappa shape index (κ2) is 7.58. The topological polar surface area (TPSA) is 89.3 Å². The monoisotopic (exact) mass is 376 g/mol. The van der Waals surface area contributed by atoms with Gasteiger partial charge in [0.25, 0.3) is 0 Å². The van der Waals surface area contributed by atoms with Crippen LogP contribution in [0.1, 0.15) is 5.01 Å². The van der Waals surface area contributed by atoms with Crippen molar-refractivity contribution < 1.29 is 14.6 Å². The smallest absolute Gasteiger partial charge is 0.405 e. The lowest BCUT2D eigenvalue weighted by Gasteiger charge is -2.07. The fraction of sp³-hybridized carbons (Fsp3) is 0.188. The summed E-state index contributed by atoms with van der Waals surface area (Å²) in [4.78, 5) is 15.8. The van der Waals surface area contributed by atoms with Crippen LogP contribution in [0.25, 0.3) is 11.1 Å². The third kappa shape index (κ3) is 4.52. The molecule has 0 radical (unpaired) electrons. The van der Waals surface area contributed by atoms with Crippen LogP contribution in [0.2, 0.25) is 0 Å². The molecule has 0 unspecified atom stereocenters. The van der Waals surface area contributed by atoms with E-state index in [0.29, 0.717) is 0 Å². The Morgan fingerprint density at radius 1 is 1.36 bits per heavy atom. The molecule has 2 N–H and O–H groups in total. The number of hydrogen-bond acceptors (Lipinski definition) is 6. The fourth-order valence-electron chi connectivity index (χ4n) is 2.18. The number of aryl methyl sites for hydroxylation is 1. The van der Waals surface area contributed by atoms with E-state index >= 15 is 0 Å². The van der Waals surface area contributed by atoms with Crippen LogP contribution in [-0.4, -0.2) is 33.1 Å². The molecule has 3 rings (SSSR count). The number of nitrogens with one attached hydrogen (secondary N) is 1. The minimum absolute atomic E-state index is 0.208. The van der Waals surface area contributed by atoms with Gasteiger partial charge in [-0.2, -0.15) is 5.10 Å². The predicted molar refractivity (Wildman–Crippen MR) is 96.3 cm³/mol. The van der Waals surface area contributed by atoms with Crippen LogP contribution in [0, 0.1) is 0 Å². The second-order valence-electron chi connectivity index (χ2n) is 5.13. The Labute approximate surface area is 152 Å². The number of hydrogen-bond donors (Lipinski definition) is 2. The highest BCUT2D eigenvalue weighted by Crippen LogP contribution is 2.36. The molecule has 0 aliphatic carbocycles. The summed E-state index contributed by atoms with van der Waals surface area (Å²) in [5.41, 5.74) is 2.03. The Balaban J connectivity index is 1.81. The Morgan fingerprint density at radius 3 is 2.88 bits per heavy atom. The summed E-state index contributed by atoms with van der Waals surface area (Å²) in [6.07, 6.45) is 4.45. The first-order chi connectivity index (χ1) is 12.0. The van der Waals surface area contributed by atoms with Gasteiger partial charge < -0.3 is 15.2 Å². The van der Waals surface area contributed by atoms with Gasteiger partial charge in [0.1, 0.15) is 10.8 Å². The molecular formula is C16H16N4O3S2. The molecule has 130 valence electrons. The van der Waals surface area contributed by atoms with Crippen LogP contribution in [0.3, 0.4) is 0 Å². The van der Waals surface area contributed by atoms with E-state index in [1.54, 1.807) is 29.8 Å². The summed E-state index contributed by atoms with van der Waals surface area (Å²) in [6.45, 7) is 0.208. The van der Waals surface area contributed by atoms with Gasteiger partial charge >= 0.3 is 6.09 Å². The lowest BCUT2D eigenvalue weighted by Crippen LogP contribution is -2.19. The number of thiazole rings is 1. The van der Waals surface area contributed by atoms with Crippen molar-refractivity contribution in [3.63, 3.8) is 0 Å². The van der Waals surface area contributed by atoms with Crippen molar-refractivity contribution in [1.29, 1.82) is 0 Å². The molecule has 0 saturated carbocycles. The van der Waals surface area contributed by atoms with Gasteiger partial charge in [-0.3, -0.25) is 4.68 Å². The predicted octanol–water partition coefficient (Wildman–Crippen LogP) is 3.47. The Bertz CT molecular complexity index is 891. The summed E-state index contributed by atoms with van der Waals surface area (Å²) in [6, 6.07) is 5.99. The third-order valence-electron chi connectivity index (χ3n) is 3.30. The molecule has 3 aromatic rings. The van der Waals surface area contributed by atoms with Gasteiger partial charge in [0.05, 0.1) is 30.3 Å². The number of amides is 1. The first-order valence-corrected chi connectivity index (χ1v) is 8.94. The first kappa shape index (κ1) is 17.3. The van der Waals surface area contributed by atoms with Gasteiger partial charge in [-0.15, -0.1) is 11.3 Å². The number of nitrogens with zero attached hydrogens (tertiary/aromatic N) is 3. The molecule has 7 nitrogen and oxygen atoms in total. The molecule has 0 saturated heterocycles. The standard InChI is InChI=1S/C16H16N4O3S2/c1-20-9-11(6-19-20)10-3-12(23-2)5-13(4-10)24-15-8-17-14(25-15)7-18-16(21)22/h3-6,8-9,18H,7H2,1-2H3,(H,21,22). The summed E-state index contributed by atoms with van der Waals surface area (Å²) in [7, 11) is 3.52. The summed E-state index contributed by atoms with van der Waals surface area (Å²) in [5.74, 6) is 0.765. The largest absolute Gasteiger partial charge is 0.497 e. The van der Waals surface area contributed by atoms with Crippen molar-refractivity contribution in [2.24, 2.45) is 7.05 Å². The molecule has 0 fully saturated rings. The zero-order valence-corrected chi connectivity index (χ0v) is 15.2. The average molecular weight is 376 g/mol. The number of rotatable bonds is 6. The molecule has 1 aromatic carbocycles. The number of carboxylic acid groups (broad SMARTS) is 1. The molecule has 2 aromatic heterocycles. The highest BCUT2D eigenvalue weighted by Gasteiger charge is 2.09. The van der Waals surface area contributed by atoms with Crippen molar-refractivity contribution >= 4 is 29.2 Å². The Morgan fingerprint density at radius 2 is 2.20 bits per heavy atom. The summed E-state index contributed by atoms with van der Waals surface area (Å²) < 4.78 is 8.14. The number of benzene rings is 1. The van der Waals surface area contributed by atoms with Crippen molar-refractivity contribution in [3.05, 3.63) is 41.8 Å². The van der Waals surface area contributed by atoms with E-state index in [9.17, 15) is 4.79 Å². The first-order valence-electron chi connectivity index (χ1n) is 7.31. The van der Waals surface area contributed by atoms with Gasteiger partial charge in [0.2, 0.25) is 0 Å². The van der Waals surface area contributed by atoms with E-state index in [4.69, 9.17) is 9.84 Å². The van der Waals surface area contributed by atoms with Gasteiger partial charge in [-0.1, -0.05) is 11.8 Å². The molecule has 0 spiro atoms.